The molecule has 0 N–H and O–H groups in total. The van der Waals surface area contributed by atoms with E-state index < -0.39 is 24.4 Å². The quantitative estimate of drug-likeness (QED) is 0.136. The van der Waals surface area contributed by atoms with E-state index in [2.05, 4.69) is 15.1 Å². The Labute approximate surface area is 291 Å². The number of rotatable bonds is 11. The number of pyridine rings is 1. The standard InChI is InChI=1S/C38H35N3O7S2/c1-38(2,50(5,44)45)29-21-28-10-7-19-39-37(28)34(22-29)27-9-6-8-26(20-27)33(25-11-17-32(18-12-25)49(4,42)43)23-36-40-35(41-48-36)24-47-31-15-13-30(46-3)14-16-31/h6-23H,24H2,1-5H3/b33-23+. The Morgan fingerprint density at radius 1 is 0.840 bits per heavy atom. The van der Waals surface area contributed by atoms with Crippen LogP contribution in [-0.2, 0) is 31.0 Å². The van der Waals surface area contributed by atoms with Crippen LogP contribution in [0.15, 0.2) is 113 Å². The van der Waals surface area contributed by atoms with Crippen molar-refractivity contribution in [2.45, 2.75) is 30.1 Å². The van der Waals surface area contributed by atoms with Crippen LogP contribution in [0, 0.1) is 0 Å². The molecule has 256 valence electrons. The summed E-state index contributed by atoms with van der Waals surface area (Å²) in [5.74, 6) is 1.87. The lowest BCUT2D eigenvalue weighted by molar-refractivity contribution is 0.286. The summed E-state index contributed by atoms with van der Waals surface area (Å²) in [6.45, 7) is 3.46. The molecule has 2 heterocycles. The first-order valence-electron chi connectivity index (χ1n) is 15.5. The zero-order chi connectivity index (χ0) is 35.7. The van der Waals surface area contributed by atoms with Gasteiger partial charge >= 0.3 is 0 Å². The third-order valence-corrected chi connectivity index (χ3v) is 11.8. The Morgan fingerprint density at radius 2 is 1.56 bits per heavy atom. The first kappa shape index (κ1) is 34.5. The Morgan fingerprint density at radius 3 is 2.24 bits per heavy atom. The van der Waals surface area contributed by atoms with Crippen LogP contribution in [0.2, 0.25) is 0 Å². The molecule has 12 heteroatoms. The number of benzene rings is 4. The number of hydrogen-bond donors (Lipinski definition) is 0. The highest BCUT2D eigenvalue weighted by molar-refractivity contribution is 7.91. The van der Waals surface area contributed by atoms with E-state index in [9.17, 15) is 16.8 Å². The highest BCUT2D eigenvalue weighted by Gasteiger charge is 2.33. The van der Waals surface area contributed by atoms with Crippen molar-refractivity contribution in [3.05, 3.63) is 132 Å². The molecule has 4 aromatic carbocycles. The summed E-state index contributed by atoms with van der Waals surface area (Å²) >= 11 is 0. The van der Waals surface area contributed by atoms with Gasteiger partial charge in [-0.05, 0) is 102 Å². The second-order valence-electron chi connectivity index (χ2n) is 12.3. The molecule has 0 atom stereocenters. The molecule has 0 amide bonds. The van der Waals surface area contributed by atoms with E-state index in [1.54, 1.807) is 81.8 Å². The molecule has 0 spiro atoms. The monoisotopic (exact) mass is 709 g/mol. The van der Waals surface area contributed by atoms with Crippen LogP contribution in [-0.4, -0.2) is 51.6 Å². The van der Waals surface area contributed by atoms with Gasteiger partial charge in [0.15, 0.2) is 26.3 Å². The molecular formula is C38H35N3O7S2. The fraction of sp³-hybridized carbons (Fsp3) is 0.184. The van der Waals surface area contributed by atoms with Crippen molar-refractivity contribution < 1.29 is 30.8 Å². The predicted octanol–water partition coefficient (Wildman–Crippen LogP) is 7.14. The normalized spacial score (nSPS) is 12.6. The molecule has 10 nitrogen and oxygen atoms in total. The molecule has 0 aliphatic rings. The maximum absolute atomic E-state index is 12.8. The molecule has 0 fully saturated rings. The number of methoxy groups -OCH3 is 1. The summed E-state index contributed by atoms with van der Waals surface area (Å²) in [6, 6.07) is 28.9. The molecule has 6 rings (SSSR count). The second-order valence-corrected chi connectivity index (χ2v) is 16.9. The second kappa shape index (κ2) is 13.5. The van der Waals surface area contributed by atoms with Gasteiger partial charge in [0.1, 0.15) is 11.5 Å². The number of ether oxygens (including phenoxy) is 2. The lowest BCUT2D eigenvalue weighted by Gasteiger charge is -2.24. The average Bonchev–Trinajstić information content (AvgIpc) is 3.56. The first-order chi connectivity index (χ1) is 23.7. The van der Waals surface area contributed by atoms with Crippen molar-refractivity contribution in [1.82, 2.24) is 15.1 Å². The fourth-order valence-electron chi connectivity index (χ4n) is 5.37. The minimum absolute atomic E-state index is 0.0672. The summed E-state index contributed by atoms with van der Waals surface area (Å²) in [6.07, 6.45) is 5.84. The SMILES string of the molecule is COc1ccc(OCc2noc(/C=C(\c3ccc(S(C)(=O)=O)cc3)c3cccc(-c4cc(C(C)(C)S(C)(=O)=O)cc5cccnc45)c3)n2)cc1. The maximum atomic E-state index is 12.8. The molecule has 2 aromatic heterocycles. The van der Waals surface area contributed by atoms with Crippen LogP contribution in [0.1, 0.15) is 42.3 Å². The molecule has 0 aliphatic heterocycles. The predicted molar refractivity (Wildman–Crippen MR) is 193 cm³/mol. The van der Waals surface area contributed by atoms with Crippen molar-refractivity contribution in [2.75, 3.05) is 19.6 Å². The Kier molecular flexibility index (Phi) is 9.34. The molecule has 0 saturated carbocycles. The maximum Gasteiger partial charge on any atom is 0.251 e. The molecule has 0 unspecified atom stereocenters. The topological polar surface area (TPSA) is 139 Å². The summed E-state index contributed by atoms with van der Waals surface area (Å²) in [5.41, 5.74) is 5.08. The van der Waals surface area contributed by atoms with Gasteiger partial charge in [-0.25, -0.2) is 16.8 Å². The summed E-state index contributed by atoms with van der Waals surface area (Å²) in [7, 11) is -5.29. The van der Waals surface area contributed by atoms with Gasteiger partial charge in [-0.15, -0.1) is 0 Å². The van der Waals surface area contributed by atoms with Crippen LogP contribution < -0.4 is 9.47 Å². The summed E-state index contributed by atoms with van der Waals surface area (Å²) in [4.78, 5) is 9.37. The highest BCUT2D eigenvalue weighted by Crippen LogP contribution is 2.38. The third kappa shape index (κ3) is 7.31. The van der Waals surface area contributed by atoms with E-state index in [1.807, 2.05) is 48.5 Å². The van der Waals surface area contributed by atoms with Crippen LogP contribution >= 0.6 is 0 Å². The van der Waals surface area contributed by atoms with Crippen molar-refractivity contribution >= 4 is 42.2 Å². The van der Waals surface area contributed by atoms with Gasteiger partial charge < -0.3 is 14.0 Å². The zero-order valence-electron chi connectivity index (χ0n) is 28.1. The Bertz CT molecular complexity index is 2440. The average molecular weight is 710 g/mol. The van der Waals surface area contributed by atoms with E-state index in [4.69, 9.17) is 14.0 Å². The van der Waals surface area contributed by atoms with Gasteiger partial charge in [0, 0.05) is 35.7 Å². The van der Waals surface area contributed by atoms with Crippen molar-refractivity contribution in [2.24, 2.45) is 0 Å². The van der Waals surface area contributed by atoms with E-state index in [-0.39, 0.29) is 17.4 Å². The molecule has 50 heavy (non-hydrogen) atoms. The minimum atomic E-state index is -3.46. The lowest BCUT2D eigenvalue weighted by atomic mass is 9.91. The number of fused-ring (bicyclic) bond motifs is 1. The summed E-state index contributed by atoms with van der Waals surface area (Å²) in [5, 5.41) is 4.90. The minimum Gasteiger partial charge on any atom is -0.497 e. The number of sulfone groups is 2. The zero-order valence-corrected chi connectivity index (χ0v) is 29.7. The van der Waals surface area contributed by atoms with Crippen molar-refractivity contribution in [1.29, 1.82) is 0 Å². The van der Waals surface area contributed by atoms with Crippen LogP contribution in [0.4, 0.5) is 0 Å². The Hall–Kier alpha value is -5.33. The molecule has 0 radical (unpaired) electrons. The molecular weight excluding hydrogens is 675 g/mol. The van der Waals surface area contributed by atoms with Crippen molar-refractivity contribution in [3.63, 3.8) is 0 Å². The van der Waals surface area contributed by atoms with Crippen LogP contribution in [0.25, 0.3) is 33.7 Å². The third-order valence-electron chi connectivity index (χ3n) is 8.58. The van der Waals surface area contributed by atoms with Gasteiger partial charge in [0.2, 0.25) is 5.82 Å². The lowest BCUT2D eigenvalue weighted by Crippen LogP contribution is -2.28. The van der Waals surface area contributed by atoms with Crippen LogP contribution in [0.3, 0.4) is 0 Å². The Balaban J connectivity index is 1.43. The molecule has 0 bridgehead atoms. The molecule has 0 saturated heterocycles. The van der Waals surface area contributed by atoms with E-state index in [0.29, 0.717) is 34.0 Å². The van der Waals surface area contributed by atoms with Gasteiger partial charge in [0.25, 0.3) is 5.89 Å². The van der Waals surface area contributed by atoms with E-state index >= 15 is 0 Å². The van der Waals surface area contributed by atoms with Crippen LogP contribution in [0.5, 0.6) is 11.5 Å². The van der Waals surface area contributed by atoms with Crippen molar-refractivity contribution in [3.8, 4) is 22.6 Å². The summed E-state index contributed by atoms with van der Waals surface area (Å²) < 4.78 is 65.6. The fourth-order valence-corrected chi connectivity index (χ4v) is 6.55. The smallest absolute Gasteiger partial charge is 0.251 e. The number of nitrogens with zero attached hydrogens (tertiary/aromatic N) is 3. The number of hydrogen-bond acceptors (Lipinski definition) is 10. The molecule has 6 aromatic rings. The van der Waals surface area contributed by atoms with E-state index in [1.165, 1.54) is 6.26 Å². The van der Waals surface area contributed by atoms with Gasteiger partial charge in [0.05, 0.1) is 22.3 Å². The highest BCUT2D eigenvalue weighted by atomic mass is 32.2. The van der Waals surface area contributed by atoms with Gasteiger partial charge in [-0.3, -0.25) is 4.98 Å². The first-order valence-corrected chi connectivity index (χ1v) is 19.3. The van der Waals surface area contributed by atoms with Gasteiger partial charge in [-0.2, -0.15) is 4.98 Å². The largest absolute Gasteiger partial charge is 0.497 e. The van der Waals surface area contributed by atoms with E-state index in [0.717, 1.165) is 33.8 Å². The van der Waals surface area contributed by atoms with Gasteiger partial charge in [-0.1, -0.05) is 41.6 Å². The number of aromatic nitrogens is 3. The molecule has 0 aliphatic carbocycles.